The van der Waals surface area contributed by atoms with Gasteiger partial charge in [0.2, 0.25) is 5.84 Å². The molecule has 1 aromatic carbocycles. The minimum absolute atomic E-state index is 0.246. The molecule has 0 heterocycles. The molecule has 0 atom stereocenters. The Kier molecular flexibility index (Phi) is 6.77. The second-order valence-corrected chi connectivity index (χ2v) is 2.68. The van der Waals surface area contributed by atoms with Gasteiger partial charge < -0.3 is 5.73 Å². The van der Waals surface area contributed by atoms with Gasteiger partial charge >= 0.3 is 5.70 Å². The number of amidine groups is 1. The van der Waals surface area contributed by atoms with Crippen LogP contribution < -0.4 is 11.2 Å². The third-order valence-electron chi connectivity index (χ3n) is 1.60. The Labute approximate surface area is 100.0 Å². The van der Waals surface area contributed by atoms with Crippen LogP contribution in [-0.2, 0) is 0 Å². The zero-order valence-electron chi connectivity index (χ0n) is 9.88. The first-order chi connectivity index (χ1) is 8.11. The molecule has 0 amide bonds. The predicted octanol–water partition coefficient (Wildman–Crippen LogP) is 2.19. The zero-order valence-corrected chi connectivity index (χ0v) is 9.88. The SMILES string of the molecule is C=C(/C(N)=N\Nc1ccccc1)[N+](=O)[O-].CC. The van der Waals surface area contributed by atoms with Gasteiger partial charge in [0.05, 0.1) is 10.6 Å². The van der Waals surface area contributed by atoms with Gasteiger partial charge in [-0.15, -0.1) is 0 Å². The summed E-state index contributed by atoms with van der Waals surface area (Å²) in [4.78, 5) is 9.58. The summed E-state index contributed by atoms with van der Waals surface area (Å²) in [5.74, 6) is -0.246. The molecule has 92 valence electrons. The molecule has 1 rings (SSSR count). The number of hydrogen-bond acceptors (Lipinski definition) is 4. The van der Waals surface area contributed by atoms with Gasteiger partial charge in [0.1, 0.15) is 0 Å². The van der Waals surface area contributed by atoms with Gasteiger partial charge in [-0.1, -0.05) is 32.0 Å². The number of anilines is 1. The second-order valence-electron chi connectivity index (χ2n) is 2.68. The minimum Gasteiger partial charge on any atom is -0.377 e. The van der Waals surface area contributed by atoms with Crippen LogP contribution in [0, 0.1) is 10.1 Å². The fourth-order valence-electron chi connectivity index (χ4n) is 0.796. The molecule has 0 fully saturated rings. The average molecular weight is 236 g/mol. The van der Waals surface area contributed by atoms with E-state index in [1.165, 1.54) is 0 Å². The average Bonchev–Trinajstić information content (AvgIpc) is 2.38. The number of nitrogens with one attached hydrogen (secondary N) is 1. The summed E-state index contributed by atoms with van der Waals surface area (Å²) in [5, 5.41) is 13.9. The zero-order chi connectivity index (χ0) is 13.3. The van der Waals surface area contributed by atoms with Gasteiger partial charge in [-0.25, -0.2) is 0 Å². The molecule has 1 aromatic rings. The lowest BCUT2D eigenvalue weighted by Gasteiger charge is -2.00. The van der Waals surface area contributed by atoms with E-state index in [0.717, 1.165) is 0 Å². The van der Waals surface area contributed by atoms with Crippen molar-refractivity contribution in [3.05, 3.63) is 52.7 Å². The number of nitro groups is 1. The largest absolute Gasteiger partial charge is 0.377 e. The molecular weight excluding hydrogens is 220 g/mol. The molecule has 0 saturated carbocycles. The summed E-state index contributed by atoms with van der Waals surface area (Å²) >= 11 is 0. The van der Waals surface area contributed by atoms with Gasteiger partial charge in [0, 0.05) is 0 Å². The highest BCUT2D eigenvalue weighted by atomic mass is 16.6. The van der Waals surface area contributed by atoms with E-state index in [0.29, 0.717) is 5.69 Å². The molecule has 0 unspecified atom stereocenters. The van der Waals surface area contributed by atoms with E-state index in [2.05, 4.69) is 17.1 Å². The summed E-state index contributed by atoms with van der Waals surface area (Å²) in [6.45, 7) is 7.17. The maximum Gasteiger partial charge on any atom is 0.305 e. The monoisotopic (exact) mass is 236 g/mol. The van der Waals surface area contributed by atoms with Crippen LogP contribution in [0.1, 0.15) is 13.8 Å². The summed E-state index contributed by atoms with van der Waals surface area (Å²) in [6.07, 6.45) is 0. The van der Waals surface area contributed by atoms with Gasteiger partial charge in [-0.05, 0) is 18.7 Å². The van der Waals surface area contributed by atoms with Crippen molar-refractivity contribution >= 4 is 11.5 Å². The van der Waals surface area contributed by atoms with Crippen LogP contribution in [0.2, 0.25) is 0 Å². The Morgan fingerprint density at radius 2 is 1.94 bits per heavy atom. The number of hydrazone groups is 1. The van der Waals surface area contributed by atoms with E-state index in [-0.39, 0.29) is 5.84 Å². The molecule has 0 aliphatic rings. The first kappa shape index (κ1) is 14.6. The van der Waals surface area contributed by atoms with Crippen molar-refractivity contribution in [2.24, 2.45) is 10.8 Å². The van der Waals surface area contributed by atoms with Crippen molar-refractivity contribution in [1.82, 2.24) is 0 Å². The van der Waals surface area contributed by atoms with Gasteiger partial charge in [-0.3, -0.25) is 15.5 Å². The number of nitrogens with zero attached hydrogens (tertiary/aromatic N) is 2. The van der Waals surface area contributed by atoms with Crippen LogP contribution in [0.5, 0.6) is 0 Å². The van der Waals surface area contributed by atoms with E-state index in [1.54, 1.807) is 24.3 Å². The molecule has 3 N–H and O–H groups in total. The lowest BCUT2D eigenvalue weighted by atomic mass is 10.3. The standard InChI is InChI=1S/C9H10N4O2.C2H6/c1-7(13(14)15)9(10)12-11-8-5-3-2-4-6-8;1-2/h2-6,11H,1H2,(H2,10,12);1-2H3. The van der Waals surface area contributed by atoms with E-state index >= 15 is 0 Å². The molecular formula is C11H16N4O2. The van der Waals surface area contributed by atoms with Crippen molar-refractivity contribution in [2.45, 2.75) is 13.8 Å². The molecule has 6 heteroatoms. The fraction of sp³-hybridized carbons (Fsp3) is 0.182. The van der Waals surface area contributed by atoms with E-state index in [1.807, 2.05) is 19.9 Å². The minimum atomic E-state index is -0.689. The van der Waals surface area contributed by atoms with Crippen LogP contribution in [0.15, 0.2) is 47.7 Å². The lowest BCUT2D eigenvalue weighted by Crippen LogP contribution is -2.20. The lowest BCUT2D eigenvalue weighted by molar-refractivity contribution is -0.414. The molecule has 0 bridgehead atoms. The summed E-state index contributed by atoms with van der Waals surface area (Å²) < 4.78 is 0. The van der Waals surface area contributed by atoms with E-state index in [9.17, 15) is 10.1 Å². The highest BCUT2D eigenvalue weighted by molar-refractivity contribution is 5.94. The number of nitrogens with two attached hydrogens (primary N) is 1. The van der Waals surface area contributed by atoms with Crippen molar-refractivity contribution in [3.8, 4) is 0 Å². The number of para-hydroxylation sites is 1. The Bertz CT molecular complexity index is 401. The Morgan fingerprint density at radius 3 is 2.41 bits per heavy atom. The van der Waals surface area contributed by atoms with Crippen LogP contribution in [-0.4, -0.2) is 10.8 Å². The summed E-state index contributed by atoms with van der Waals surface area (Å²) in [5.41, 5.74) is 8.15. The smallest absolute Gasteiger partial charge is 0.305 e. The molecule has 0 radical (unpaired) electrons. The Morgan fingerprint density at radius 1 is 1.41 bits per heavy atom. The van der Waals surface area contributed by atoms with Gasteiger partial charge in [0.15, 0.2) is 0 Å². The van der Waals surface area contributed by atoms with Gasteiger partial charge in [-0.2, -0.15) is 5.10 Å². The van der Waals surface area contributed by atoms with Crippen molar-refractivity contribution in [3.63, 3.8) is 0 Å². The molecule has 6 nitrogen and oxygen atoms in total. The van der Waals surface area contributed by atoms with Crippen molar-refractivity contribution in [2.75, 3.05) is 5.43 Å². The van der Waals surface area contributed by atoms with Gasteiger partial charge in [0.25, 0.3) is 0 Å². The topological polar surface area (TPSA) is 93.5 Å². The van der Waals surface area contributed by atoms with Crippen LogP contribution in [0.4, 0.5) is 5.69 Å². The van der Waals surface area contributed by atoms with E-state index in [4.69, 9.17) is 5.73 Å². The third kappa shape index (κ3) is 5.31. The Hall–Kier alpha value is -2.37. The first-order valence-corrected chi connectivity index (χ1v) is 5.09. The quantitative estimate of drug-likeness (QED) is 0.362. The molecule has 0 spiro atoms. The maximum absolute atomic E-state index is 10.3. The van der Waals surface area contributed by atoms with Crippen LogP contribution in [0.3, 0.4) is 0 Å². The molecule has 0 aliphatic carbocycles. The van der Waals surface area contributed by atoms with Crippen LogP contribution >= 0.6 is 0 Å². The molecule has 0 aromatic heterocycles. The summed E-state index contributed by atoms with van der Waals surface area (Å²) in [7, 11) is 0. The number of benzene rings is 1. The molecule has 17 heavy (non-hydrogen) atoms. The van der Waals surface area contributed by atoms with Crippen LogP contribution in [0.25, 0.3) is 0 Å². The maximum atomic E-state index is 10.3. The molecule has 0 aliphatic heterocycles. The second kappa shape index (κ2) is 7.86. The molecule has 0 saturated heterocycles. The first-order valence-electron chi connectivity index (χ1n) is 5.09. The van der Waals surface area contributed by atoms with Crippen molar-refractivity contribution < 1.29 is 4.92 Å². The third-order valence-corrected chi connectivity index (χ3v) is 1.60. The highest BCUT2D eigenvalue weighted by Crippen LogP contribution is 2.04. The normalized spacial score (nSPS) is 9.88. The fourth-order valence-corrected chi connectivity index (χ4v) is 0.796. The highest BCUT2D eigenvalue weighted by Gasteiger charge is 2.11. The number of hydrogen-bond donors (Lipinski definition) is 2. The number of rotatable bonds is 4. The Balaban J connectivity index is 0.00000121. The van der Waals surface area contributed by atoms with Crippen molar-refractivity contribution in [1.29, 1.82) is 0 Å². The predicted molar refractivity (Wildman–Crippen MR) is 69.2 cm³/mol. The summed E-state index contributed by atoms with van der Waals surface area (Å²) in [6, 6.07) is 8.96. The van der Waals surface area contributed by atoms with E-state index < -0.39 is 10.6 Å².